The first-order chi connectivity index (χ1) is 8.26. The Morgan fingerprint density at radius 3 is 2.88 bits per heavy atom. The smallest absolute Gasteiger partial charge is 0.119 e. The third kappa shape index (κ3) is 2.60. The van der Waals surface area contributed by atoms with Gasteiger partial charge in [-0.2, -0.15) is 0 Å². The zero-order chi connectivity index (χ0) is 12.3. The van der Waals surface area contributed by atoms with Crippen LogP contribution in [-0.2, 0) is 0 Å². The minimum absolute atomic E-state index is 0.391. The molecule has 0 aliphatic carbocycles. The van der Waals surface area contributed by atoms with Gasteiger partial charge in [-0.25, -0.2) is 0 Å². The fraction of sp³-hybridized carbons (Fsp3) is 0.538. The third-order valence-corrected chi connectivity index (χ3v) is 3.42. The zero-order valence-electron chi connectivity index (χ0n) is 10.4. The van der Waals surface area contributed by atoms with Crippen molar-refractivity contribution in [3.8, 4) is 5.75 Å². The van der Waals surface area contributed by atoms with Crippen molar-refractivity contribution >= 4 is 0 Å². The lowest BCUT2D eigenvalue weighted by Gasteiger charge is -2.21. The SMILES string of the molecule is COc1cccc(C2C(C)NNC2CCN)c1. The third-order valence-electron chi connectivity index (χ3n) is 3.42. The van der Waals surface area contributed by atoms with E-state index in [4.69, 9.17) is 10.5 Å². The summed E-state index contributed by atoms with van der Waals surface area (Å²) in [5, 5.41) is 0. The van der Waals surface area contributed by atoms with E-state index in [1.54, 1.807) is 7.11 Å². The van der Waals surface area contributed by atoms with Crippen LogP contribution in [0.25, 0.3) is 0 Å². The van der Waals surface area contributed by atoms with Crippen LogP contribution < -0.4 is 21.3 Å². The topological polar surface area (TPSA) is 59.3 Å². The van der Waals surface area contributed by atoms with Gasteiger partial charge in [-0.15, -0.1) is 0 Å². The van der Waals surface area contributed by atoms with E-state index in [0.717, 1.165) is 12.2 Å². The predicted octanol–water partition coefficient (Wildman–Crippen LogP) is 0.992. The summed E-state index contributed by atoms with van der Waals surface area (Å²) in [7, 11) is 1.70. The molecule has 0 bridgehead atoms. The highest BCUT2D eigenvalue weighted by molar-refractivity contribution is 5.33. The maximum Gasteiger partial charge on any atom is 0.119 e. The average molecular weight is 235 g/mol. The van der Waals surface area contributed by atoms with Gasteiger partial charge < -0.3 is 10.5 Å². The van der Waals surface area contributed by atoms with Crippen molar-refractivity contribution in [1.82, 2.24) is 10.9 Å². The Morgan fingerprint density at radius 2 is 2.18 bits per heavy atom. The number of nitrogens with one attached hydrogen (secondary N) is 2. The number of nitrogens with two attached hydrogens (primary N) is 1. The van der Waals surface area contributed by atoms with Gasteiger partial charge in [-0.3, -0.25) is 10.9 Å². The Morgan fingerprint density at radius 1 is 1.35 bits per heavy atom. The van der Waals surface area contributed by atoms with E-state index in [9.17, 15) is 0 Å². The predicted molar refractivity (Wildman–Crippen MR) is 68.9 cm³/mol. The Labute approximate surface area is 103 Å². The van der Waals surface area contributed by atoms with Gasteiger partial charge in [0.05, 0.1) is 7.11 Å². The maximum atomic E-state index is 5.66. The number of hydrazine groups is 1. The van der Waals surface area contributed by atoms with E-state index in [1.807, 2.05) is 12.1 Å². The van der Waals surface area contributed by atoms with Crippen molar-refractivity contribution in [2.24, 2.45) is 5.73 Å². The van der Waals surface area contributed by atoms with Crippen molar-refractivity contribution in [2.75, 3.05) is 13.7 Å². The van der Waals surface area contributed by atoms with Gasteiger partial charge >= 0.3 is 0 Å². The monoisotopic (exact) mass is 235 g/mol. The molecule has 1 aromatic carbocycles. The van der Waals surface area contributed by atoms with Crippen LogP contribution in [0.3, 0.4) is 0 Å². The van der Waals surface area contributed by atoms with Crippen LogP contribution in [0.15, 0.2) is 24.3 Å². The highest BCUT2D eigenvalue weighted by Gasteiger charge is 2.33. The van der Waals surface area contributed by atoms with Gasteiger partial charge in [-0.1, -0.05) is 12.1 Å². The van der Waals surface area contributed by atoms with Crippen LogP contribution >= 0.6 is 0 Å². The lowest BCUT2D eigenvalue weighted by atomic mass is 9.86. The number of methoxy groups -OCH3 is 1. The molecule has 94 valence electrons. The molecule has 0 saturated carbocycles. The van der Waals surface area contributed by atoms with Crippen LogP contribution in [0.1, 0.15) is 24.8 Å². The Hall–Kier alpha value is -1.10. The molecule has 0 spiro atoms. The maximum absolute atomic E-state index is 5.66. The Kier molecular flexibility index (Phi) is 3.99. The molecule has 4 nitrogen and oxygen atoms in total. The summed E-state index contributed by atoms with van der Waals surface area (Å²) in [4.78, 5) is 0. The molecule has 1 aromatic rings. The molecule has 17 heavy (non-hydrogen) atoms. The van der Waals surface area contributed by atoms with Crippen molar-refractivity contribution in [3.63, 3.8) is 0 Å². The van der Waals surface area contributed by atoms with E-state index in [-0.39, 0.29) is 0 Å². The lowest BCUT2D eigenvalue weighted by molar-refractivity contribution is 0.412. The van der Waals surface area contributed by atoms with E-state index >= 15 is 0 Å². The molecule has 4 N–H and O–H groups in total. The second-order valence-electron chi connectivity index (χ2n) is 4.56. The van der Waals surface area contributed by atoms with E-state index < -0.39 is 0 Å². The van der Waals surface area contributed by atoms with Gasteiger partial charge in [0.2, 0.25) is 0 Å². The number of ether oxygens (including phenoxy) is 1. The van der Waals surface area contributed by atoms with E-state index in [2.05, 4.69) is 29.9 Å². The second-order valence-corrected chi connectivity index (χ2v) is 4.56. The molecule has 2 rings (SSSR count). The van der Waals surface area contributed by atoms with E-state index in [1.165, 1.54) is 5.56 Å². The summed E-state index contributed by atoms with van der Waals surface area (Å²) in [6.07, 6.45) is 0.971. The molecular formula is C13H21N3O. The van der Waals surface area contributed by atoms with E-state index in [0.29, 0.717) is 24.5 Å². The lowest BCUT2D eigenvalue weighted by Crippen LogP contribution is -2.33. The van der Waals surface area contributed by atoms with Crippen LogP contribution in [0.2, 0.25) is 0 Å². The number of rotatable bonds is 4. The van der Waals surface area contributed by atoms with Gasteiger partial charge in [0, 0.05) is 18.0 Å². The quantitative estimate of drug-likeness (QED) is 0.728. The molecule has 0 amide bonds. The van der Waals surface area contributed by atoms with Gasteiger partial charge in [0.25, 0.3) is 0 Å². The van der Waals surface area contributed by atoms with Crippen molar-refractivity contribution in [3.05, 3.63) is 29.8 Å². The average Bonchev–Trinajstić information content (AvgIpc) is 2.71. The molecule has 4 heteroatoms. The largest absolute Gasteiger partial charge is 0.497 e. The first kappa shape index (κ1) is 12.4. The standard InChI is InChI=1S/C13H21N3O/c1-9-13(12(6-7-14)16-15-9)10-4-3-5-11(8-10)17-2/h3-5,8-9,12-13,15-16H,6-7,14H2,1-2H3. The molecule has 0 aromatic heterocycles. The first-order valence-electron chi connectivity index (χ1n) is 6.11. The molecule has 1 aliphatic rings. The van der Waals surface area contributed by atoms with Crippen LogP contribution in [0.5, 0.6) is 5.75 Å². The second kappa shape index (κ2) is 5.49. The molecular weight excluding hydrogens is 214 g/mol. The Balaban J connectivity index is 2.22. The Bertz CT molecular complexity index is 367. The minimum Gasteiger partial charge on any atom is -0.497 e. The number of hydrogen-bond donors (Lipinski definition) is 3. The zero-order valence-corrected chi connectivity index (χ0v) is 10.4. The van der Waals surface area contributed by atoms with Crippen molar-refractivity contribution in [2.45, 2.75) is 31.3 Å². The fourth-order valence-electron chi connectivity index (χ4n) is 2.57. The highest BCUT2D eigenvalue weighted by Crippen LogP contribution is 2.30. The van der Waals surface area contributed by atoms with Gasteiger partial charge in [0.1, 0.15) is 5.75 Å². The van der Waals surface area contributed by atoms with Gasteiger partial charge in [-0.05, 0) is 37.6 Å². The molecule has 0 radical (unpaired) electrons. The summed E-state index contributed by atoms with van der Waals surface area (Å²) in [6, 6.07) is 9.07. The van der Waals surface area contributed by atoms with Gasteiger partial charge in [0.15, 0.2) is 0 Å². The highest BCUT2D eigenvalue weighted by atomic mass is 16.5. The summed E-state index contributed by atoms with van der Waals surface area (Å²) in [5.74, 6) is 1.35. The molecule has 1 aliphatic heterocycles. The fourth-order valence-corrected chi connectivity index (χ4v) is 2.57. The molecule has 1 saturated heterocycles. The van der Waals surface area contributed by atoms with Crippen molar-refractivity contribution in [1.29, 1.82) is 0 Å². The van der Waals surface area contributed by atoms with Crippen molar-refractivity contribution < 1.29 is 4.74 Å². The molecule has 1 heterocycles. The minimum atomic E-state index is 0.391. The normalized spacial score (nSPS) is 28.3. The molecule has 3 unspecified atom stereocenters. The number of hydrogen-bond acceptors (Lipinski definition) is 4. The molecule has 1 fully saturated rings. The summed E-state index contributed by atoms with van der Waals surface area (Å²) in [6.45, 7) is 2.89. The van der Waals surface area contributed by atoms with Crippen LogP contribution in [0.4, 0.5) is 0 Å². The van der Waals surface area contributed by atoms with Crippen LogP contribution in [0, 0.1) is 0 Å². The summed E-state index contributed by atoms with van der Waals surface area (Å²) in [5.41, 5.74) is 13.6. The number of benzene rings is 1. The summed E-state index contributed by atoms with van der Waals surface area (Å²) < 4.78 is 5.28. The first-order valence-corrected chi connectivity index (χ1v) is 6.11. The van der Waals surface area contributed by atoms with Crippen LogP contribution in [-0.4, -0.2) is 25.7 Å². The summed E-state index contributed by atoms with van der Waals surface area (Å²) >= 11 is 0. The molecule has 3 atom stereocenters.